The van der Waals surface area contributed by atoms with E-state index < -0.39 is 0 Å². The largest absolute Gasteiger partial charge is 0.379 e. The molecule has 0 saturated heterocycles. The molecule has 0 aromatic carbocycles. The highest BCUT2D eigenvalue weighted by Gasteiger charge is 1.92. The second-order valence-corrected chi connectivity index (χ2v) is 3.65. The molecule has 0 aromatic heterocycles. The maximum Gasteiger partial charge on any atom is 0.216 e. The van der Waals surface area contributed by atoms with E-state index in [9.17, 15) is 4.79 Å². The van der Waals surface area contributed by atoms with Crippen LogP contribution >= 0.6 is 0 Å². The van der Waals surface area contributed by atoms with Gasteiger partial charge in [-0.05, 0) is 14.1 Å². The lowest BCUT2D eigenvalue weighted by atomic mass is 10.5. The molecular weight excluding hydrogens is 194 g/mol. The van der Waals surface area contributed by atoms with E-state index >= 15 is 0 Å². The summed E-state index contributed by atoms with van der Waals surface area (Å²) in [7, 11) is 4.05. The lowest BCUT2D eigenvalue weighted by Gasteiger charge is -2.10. The normalized spacial score (nSPS) is 10.7. The summed E-state index contributed by atoms with van der Waals surface area (Å²) in [5.41, 5.74) is 0. The molecule has 0 saturated carbocycles. The number of likely N-dealkylation sites (N-methyl/N-ethyl adjacent to an activating group) is 1. The second-order valence-electron chi connectivity index (χ2n) is 3.65. The average molecular weight is 217 g/mol. The number of hydrogen-bond acceptors (Lipinski definition) is 4. The van der Waals surface area contributed by atoms with Crippen molar-refractivity contribution in [2.45, 2.75) is 6.92 Å². The Bertz CT molecular complexity index is 163. The monoisotopic (exact) mass is 217 g/mol. The van der Waals surface area contributed by atoms with Crippen LogP contribution in [0.2, 0.25) is 0 Å². The molecule has 0 radical (unpaired) electrons. The molecule has 5 heteroatoms. The van der Waals surface area contributed by atoms with Crippen molar-refractivity contribution >= 4 is 5.91 Å². The van der Waals surface area contributed by atoms with Gasteiger partial charge >= 0.3 is 0 Å². The molecule has 0 bridgehead atoms. The smallest absolute Gasteiger partial charge is 0.216 e. The van der Waals surface area contributed by atoms with Gasteiger partial charge in [0, 0.05) is 33.1 Å². The Morgan fingerprint density at radius 1 is 1.20 bits per heavy atom. The zero-order valence-corrected chi connectivity index (χ0v) is 10.0. The van der Waals surface area contributed by atoms with E-state index in [1.165, 1.54) is 6.92 Å². The van der Waals surface area contributed by atoms with Crippen molar-refractivity contribution in [3.63, 3.8) is 0 Å². The van der Waals surface area contributed by atoms with Crippen LogP contribution in [0.4, 0.5) is 0 Å². The summed E-state index contributed by atoms with van der Waals surface area (Å²) in [5.74, 6) is 0.0130. The van der Waals surface area contributed by atoms with E-state index in [0.29, 0.717) is 13.2 Å². The highest BCUT2D eigenvalue weighted by Crippen LogP contribution is 1.77. The molecule has 0 unspecified atom stereocenters. The molecule has 1 amide bonds. The van der Waals surface area contributed by atoms with E-state index in [2.05, 4.69) is 15.5 Å². The molecule has 5 nitrogen and oxygen atoms in total. The Kier molecular flexibility index (Phi) is 9.46. The second kappa shape index (κ2) is 9.89. The van der Waals surface area contributed by atoms with Crippen molar-refractivity contribution in [1.82, 2.24) is 15.5 Å². The van der Waals surface area contributed by atoms with Gasteiger partial charge in [0.25, 0.3) is 0 Å². The first-order valence-electron chi connectivity index (χ1n) is 5.30. The van der Waals surface area contributed by atoms with Crippen LogP contribution in [0.3, 0.4) is 0 Å². The summed E-state index contributed by atoms with van der Waals surface area (Å²) in [4.78, 5) is 12.6. The number of nitrogens with one attached hydrogen (secondary N) is 2. The number of amides is 1. The number of nitrogens with zero attached hydrogens (tertiary/aromatic N) is 1. The van der Waals surface area contributed by atoms with Crippen LogP contribution in [0, 0.1) is 0 Å². The molecule has 90 valence electrons. The molecule has 15 heavy (non-hydrogen) atoms. The molecule has 0 aliphatic rings. The third-order valence-corrected chi connectivity index (χ3v) is 1.78. The Labute approximate surface area is 92.2 Å². The number of hydrogen-bond donors (Lipinski definition) is 2. The van der Waals surface area contributed by atoms with Gasteiger partial charge in [-0.3, -0.25) is 4.79 Å². The van der Waals surface area contributed by atoms with Gasteiger partial charge in [0.1, 0.15) is 0 Å². The molecular formula is C10H23N3O2. The fourth-order valence-electron chi connectivity index (χ4n) is 0.945. The zero-order valence-electron chi connectivity index (χ0n) is 10.0. The highest BCUT2D eigenvalue weighted by atomic mass is 16.5. The number of carbonyl (C=O) groups is 1. The Morgan fingerprint density at radius 2 is 1.93 bits per heavy atom. The van der Waals surface area contributed by atoms with Crippen molar-refractivity contribution < 1.29 is 9.53 Å². The number of carbonyl (C=O) groups excluding carboxylic acids is 1. The minimum absolute atomic E-state index is 0.0130. The summed E-state index contributed by atoms with van der Waals surface area (Å²) in [6.07, 6.45) is 0. The first kappa shape index (κ1) is 14.3. The predicted molar refractivity (Wildman–Crippen MR) is 60.9 cm³/mol. The fourth-order valence-corrected chi connectivity index (χ4v) is 0.945. The molecule has 0 rings (SSSR count). The molecule has 0 aliphatic carbocycles. The molecule has 0 aliphatic heterocycles. The van der Waals surface area contributed by atoms with E-state index in [-0.39, 0.29) is 5.91 Å². The molecule has 2 N–H and O–H groups in total. The molecule has 0 aromatic rings. The first-order chi connectivity index (χ1) is 7.13. The minimum Gasteiger partial charge on any atom is -0.379 e. The Morgan fingerprint density at radius 3 is 2.53 bits per heavy atom. The number of ether oxygens (including phenoxy) is 1. The van der Waals surface area contributed by atoms with Gasteiger partial charge in [0.05, 0.1) is 13.2 Å². The van der Waals surface area contributed by atoms with Gasteiger partial charge in [-0.15, -0.1) is 0 Å². The van der Waals surface area contributed by atoms with Gasteiger partial charge in [-0.2, -0.15) is 0 Å². The van der Waals surface area contributed by atoms with Crippen LogP contribution in [0.1, 0.15) is 6.92 Å². The minimum atomic E-state index is 0.0130. The number of rotatable bonds is 9. The summed E-state index contributed by atoms with van der Waals surface area (Å²) >= 11 is 0. The quantitative estimate of drug-likeness (QED) is 0.501. The van der Waals surface area contributed by atoms with Gasteiger partial charge < -0.3 is 20.3 Å². The maximum absolute atomic E-state index is 10.5. The predicted octanol–water partition coefficient (Wildman–Crippen LogP) is -0.710. The van der Waals surface area contributed by atoms with E-state index in [4.69, 9.17) is 4.74 Å². The Hall–Kier alpha value is -0.650. The van der Waals surface area contributed by atoms with Gasteiger partial charge in [0.2, 0.25) is 5.91 Å². The van der Waals surface area contributed by atoms with Crippen LogP contribution in [-0.2, 0) is 9.53 Å². The van der Waals surface area contributed by atoms with Crippen molar-refractivity contribution in [3.8, 4) is 0 Å². The Balaban J connectivity index is 2.96. The first-order valence-corrected chi connectivity index (χ1v) is 5.30. The van der Waals surface area contributed by atoms with Crippen LogP contribution in [-0.4, -0.2) is 64.3 Å². The zero-order chi connectivity index (χ0) is 11.5. The topological polar surface area (TPSA) is 53.6 Å². The third-order valence-electron chi connectivity index (χ3n) is 1.78. The lowest BCUT2D eigenvalue weighted by molar-refractivity contribution is -0.118. The summed E-state index contributed by atoms with van der Waals surface area (Å²) in [5, 5.41) is 5.89. The molecule has 0 fully saturated rings. The van der Waals surface area contributed by atoms with E-state index in [1.807, 2.05) is 14.1 Å². The van der Waals surface area contributed by atoms with E-state index in [1.54, 1.807) is 0 Å². The third kappa shape index (κ3) is 13.3. The van der Waals surface area contributed by atoms with Crippen molar-refractivity contribution in [2.75, 3.05) is 53.5 Å². The maximum atomic E-state index is 10.5. The summed E-state index contributed by atoms with van der Waals surface area (Å²) in [6, 6.07) is 0. The fraction of sp³-hybridized carbons (Fsp3) is 0.900. The van der Waals surface area contributed by atoms with Gasteiger partial charge in [-0.25, -0.2) is 0 Å². The lowest BCUT2D eigenvalue weighted by Crippen LogP contribution is -2.32. The van der Waals surface area contributed by atoms with E-state index in [0.717, 1.165) is 26.2 Å². The van der Waals surface area contributed by atoms with Crippen LogP contribution in [0.25, 0.3) is 0 Å². The average Bonchev–Trinajstić information content (AvgIpc) is 2.14. The van der Waals surface area contributed by atoms with Crippen molar-refractivity contribution in [2.24, 2.45) is 0 Å². The molecule has 0 heterocycles. The van der Waals surface area contributed by atoms with Crippen LogP contribution in [0.5, 0.6) is 0 Å². The summed E-state index contributed by atoms with van der Waals surface area (Å²) < 4.78 is 5.38. The van der Waals surface area contributed by atoms with Crippen LogP contribution in [0.15, 0.2) is 0 Å². The van der Waals surface area contributed by atoms with Gasteiger partial charge in [-0.1, -0.05) is 0 Å². The van der Waals surface area contributed by atoms with Crippen molar-refractivity contribution in [3.05, 3.63) is 0 Å². The molecule has 0 atom stereocenters. The highest BCUT2D eigenvalue weighted by molar-refractivity contribution is 5.72. The SMILES string of the molecule is CC(=O)NCCNCCOCCN(C)C. The molecule has 0 spiro atoms. The van der Waals surface area contributed by atoms with Gasteiger partial charge in [0.15, 0.2) is 0 Å². The van der Waals surface area contributed by atoms with Crippen molar-refractivity contribution in [1.29, 1.82) is 0 Å². The van der Waals surface area contributed by atoms with Crippen LogP contribution < -0.4 is 10.6 Å². The summed E-state index contributed by atoms with van der Waals surface area (Å²) in [6.45, 7) is 6.24. The standard InChI is InChI=1S/C10H23N3O2/c1-10(14)12-5-4-11-6-8-15-9-7-13(2)3/h11H,4-9H2,1-3H3,(H,12,14).